The summed E-state index contributed by atoms with van der Waals surface area (Å²) in [6.07, 6.45) is 3.02. The number of hydrogen-bond donors (Lipinski definition) is 2. The number of carbonyl (C=O) groups is 1. The average Bonchev–Trinajstić information content (AvgIpc) is 2.42. The smallest absolute Gasteiger partial charge is 0.275 e. The van der Waals surface area contributed by atoms with E-state index in [1.54, 1.807) is 13.2 Å². The Bertz CT molecular complexity index is 629. The van der Waals surface area contributed by atoms with Crippen LogP contribution < -0.4 is 10.6 Å². The lowest BCUT2D eigenvalue weighted by atomic mass is 10.1. The van der Waals surface area contributed by atoms with Crippen molar-refractivity contribution in [2.24, 2.45) is 0 Å². The number of hydrogen-bond acceptors (Lipinski definition) is 4. The molecule has 0 unspecified atom stereocenters. The van der Waals surface area contributed by atoms with Gasteiger partial charge >= 0.3 is 0 Å². The van der Waals surface area contributed by atoms with Crippen LogP contribution in [0.2, 0.25) is 0 Å². The lowest BCUT2D eigenvalue weighted by Gasteiger charge is -2.12. The average molecular weight is 270 g/mol. The summed E-state index contributed by atoms with van der Waals surface area (Å²) < 4.78 is 0. The molecule has 1 aromatic heterocycles. The van der Waals surface area contributed by atoms with Crippen LogP contribution in [0.3, 0.4) is 0 Å². The molecule has 0 saturated carbocycles. The Morgan fingerprint density at radius 3 is 2.35 bits per heavy atom. The molecule has 2 aromatic rings. The first-order chi connectivity index (χ1) is 9.51. The van der Waals surface area contributed by atoms with Crippen molar-refractivity contribution in [3.8, 4) is 0 Å². The van der Waals surface area contributed by atoms with E-state index in [0.29, 0.717) is 5.82 Å². The van der Waals surface area contributed by atoms with Crippen molar-refractivity contribution in [3.05, 3.63) is 46.9 Å². The quantitative estimate of drug-likeness (QED) is 0.900. The molecule has 0 aliphatic rings. The van der Waals surface area contributed by atoms with Crippen molar-refractivity contribution in [1.29, 1.82) is 0 Å². The van der Waals surface area contributed by atoms with Crippen LogP contribution in [0, 0.1) is 20.8 Å². The third-order valence-corrected chi connectivity index (χ3v) is 3.04. The van der Waals surface area contributed by atoms with Gasteiger partial charge in [-0.05, 0) is 31.9 Å². The van der Waals surface area contributed by atoms with Gasteiger partial charge in [-0.2, -0.15) is 0 Å². The molecule has 2 rings (SSSR count). The lowest BCUT2D eigenvalue weighted by molar-refractivity contribution is 0.102. The van der Waals surface area contributed by atoms with Crippen LogP contribution in [0.15, 0.2) is 24.5 Å². The zero-order valence-corrected chi connectivity index (χ0v) is 12.1. The molecule has 20 heavy (non-hydrogen) atoms. The van der Waals surface area contributed by atoms with Crippen LogP contribution >= 0.6 is 0 Å². The molecule has 0 bridgehead atoms. The van der Waals surface area contributed by atoms with Gasteiger partial charge < -0.3 is 10.6 Å². The largest absolute Gasteiger partial charge is 0.372 e. The number of aromatic nitrogens is 2. The van der Waals surface area contributed by atoms with E-state index >= 15 is 0 Å². The molecule has 0 aliphatic heterocycles. The molecule has 104 valence electrons. The normalized spacial score (nSPS) is 10.2. The molecule has 2 N–H and O–H groups in total. The third kappa shape index (κ3) is 2.93. The molecule has 5 heteroatoms. The van der Waals surface area contributed by atoms with Crippen molar-refractivity contribution < 1.29 is 4.79 Å². The summed E-state index contributed by atoms with van der Waals surface area (Å²) in [5.41, 5.74) is 4.37. The summed E-state index contributed by atoms with van der Waals surface area (Å²) in [7, 11) is 1.74. The molecule has 0 fully saturated rings. The van der Waals surface area contributed by atoms with Gasteiger partial charge in [-0.1, -0.05) is 17.7 Å². The van der Waals surface area contributed by atoms with Crippen LogP contribution in [-0.4, -0.2) is 22.9 Å². The maximum atomic E-state index is 12.2. The summed E-state index contributed by atoms with van der Waals surface area (Å²) >= 11 is 0. The highest BCUT2D eigenvalue weighted by atomic mass is 16.1. The molecule has 0 radical (unpaired) electrons. The van der Waals surface area contributed by atoms with E-state index in [2.05, 4.69) is 20.6 Å². The van der Waals surface area contributed by atoms with Crippen molar-refractivity contribution in [1.82, 2.24) is 9.97 Å². The van der Waals surface area contributed by atoms with Gasteiger partial charge in [0.1, 0.15) is 11.5 Å². The Morgan fingerprint density at radius 1 is 1.10 bits per heavy atom. The van der Waals surface area contributed by atoms with E-state index in [1.807, 2.05) is 32.9 Å². The summed E-state index contributed by atoms with van der Waals surface area (Å²) in [6.45, 7) is 5.99. The highest BCUT2D eigenvalue weighted by molar-refractivity contribution is 6.03. The SMILES string of the molecule is CNc1cncc(C(=O)Nc2c(C)cc(C)cc2C)n1. The van der Waals surface area contributed by atoms with Gasteiger partial charge in [-0.25, -0.2) is 4.98 Å². The van der Waals surface area contributed by atoms with Gasteiger partial charge in [0.15, 0.2) is 0 Å². The molecule has 0 saturated heterocycles. The second kappa shape index (κ2) is 5.69. The molecule has 0 aliphatic carbocycles. The topological polar surface area (TPSA) is 66.9 Å². The minimum Gasteiger partial charge on any atom is -0.372 e. The predicted octanol–water partition coefficient (Wildman–Crippen LogP) is 2.70. The molecule has 0 atom stereocenters. The van der Waals surface area contributed by atoms with E-state index < -0.39 is 0 Å². The molecular formula is C15H18N4O. The zero-order valence-electron chi connectivity index (χ0n) is 12.1. The molecule has 1 aromatic carbocycles. The highest BCUT2D eigenvalue weighted by Crippen LogP contribution is 2.22. The molecule has 5 nitrogen and oxygen atoms in total. The first-order valence-electron chi connectivity index (χ1n) is 6.40. The predicted molar refractivity (Wildman–Crippen MR) is 80.2 cm³/mol. The fraction of sp³-hybridized carbons (Fsp3) is 0.267. The number of nitrogens with one attached hydrogen (secondary N) is 2. The van der Waals surface area contributed by atoms with Crippen LogP contribution in [0.4, 0.5) is 11.5 Å². The summed E-state index contributed by atoms with van der Waals surface area (Å²) in [4.78, 5) is 20.4. The lowest BCUT2D eigenvalue weighted by Crippen LogP contribution is -2.16. The Morgan fingerprint density at radius 2 is 1.75 bits per heavy atom. The van der Waals surface area contributed by atoms with Crippen molar-refractivity contribution in [3.63, 3.8) is 0 Å². The van der Waals surface area contributed by atoms with Crippen LogP contribution in [0.25, 0.3) is 0 Å². The monoisotopic (exact) mass is 270 g/mol. The first kappa shape index (κ1) is 14.0. The second-order valence-corrected chi connectivity index (χ2v) is 4.77. The number of amides is 1. The Balaban J connectivity index is 2.28. The fourth-order valence-electron chi connectivity index (χ4n) is 2.15. The van der Waals surface area contributed by atoms with Crippen molar-refractivity contribution in [2.75, 3.05) is 17.7 Å². The second-order valence-electron chi connectivity index (χ2n) is 4.77. The summed E-state index contributed by atoms with van der Waals surface area (Å²) in [6, 6.07) is 4.08. The van der Waals surface area contributed by atoms with Gasteiger partial charge in [0, 0.05) is 12.7 Å². The van der Waals surface area contributed by atoms with E-state index in [9.17, 15) is 4.79 Å². The molecule has 1 heterocycles. The maximum Gasteiger partial charge on any atom is 0.275 e. The van der Waals surface area contributed by atoms with Crippen molar-refractivity contribution in [2.45, 2.75) is 20.8 Å². The summed E-state index contributed by atoms with van der Waals surface area (Å²) in [5, 5.41) is 5.77. The Kier molecular flexibility index (Phi) is 3.98. The molecule has 0 spiro atoms. The number of anilines is 2. The zero-order chi connectivity index (χ0) is 14.7. The van der Waals surface area contributed by atoms with E-state index in [1.165, 1.54) is 11.8 Å². The van der Waals surface area contributed by atoms with Gasteiger partial charge in [0.25, 0.3) is 5.91 Å². The standard InChI is InChI=1S/C15H18N4O/c1-9-5-10(2)14(11(3)6-9)19-15(20)12-7-17-8-13(16-4)18-12/h5-8H,1-4H3,(H,16,18)(H,19,20). The fourth-order valence-corrected chi connectivity index (χ4v) is 2.15. The number of benzene rings is 1. The van der Waals surface area contributed by atoms with Crippen LogP contribution in [0.5, 0.6) is 0 Å². The Hall–Kier alpha value is -2.43. The number of nitrogens with zero attached hydrogens (tertiary/aromatic N) is 2. The molecule has 1 amide bonds. The Labute approximate surface area is 118 Å². The number of aryl methyl sites for hydroxylation is 3. The van der Waals surface area contributed by atoms with Crippen LogP contribution in [0.1, 0.15) is 27.2 Å². The van der Waals surface area contributed by atoms with Gasteiger partial charge in [-0.15, -0.1) is 0 Å². The first-order valence-corrected chi connectivity index (χ1v) is 6.40. The maximum absolute atomic E-state index is 12.2. The van der Waals surface area contributed by atoms with Crippen molar-refractivity contribution >= 4 is 17.4 Å². The molecular weight excluding hydrogens is 252 g/mol. The highest BCUT2D eigenvalue weighted by Gasteiger charge is 2.12. The van der Waals surface area contributed by atoms with E-state index in [-0.39, 0.29) is 11.6 Å². The van der Waals surface area contributed by atoms with E-state index in [4.69, 9.17) is 0 Å². The van der Waals surface area contributed by atoms with Gasteiger partial charge in [-0.3, -0.25) is 9.78 Å². The van der Waals surface area contributed by atoms with Crippen LogP contribution in [-0.2, 0) is 0 Å². The number of rotatable bonds is 3. The number of carbonyl (C=O) groups excluding carboxylic acids is 1. The van der Waals surface area contributed by atoms with E-state index in [0.717, 1.165) is 16.8 Å². The van der Waals surface area contributed by atoms with Gasteiger partial charge in [0.05, 0.1) is 12.4 Å². The minimum absolute atomic E-state index is 0.260. The third-order valence-electron chi connectivity index (χ3n) is 3.04. The summed E-state index contributed by atoms with van der Waals surface area (Å²) in [5.74, 6) is 0.305. The minimum atomic E-state index is -0.260. The van der Waals surface area contributed by atoms with Gasteiger partial charge in [0.2, 0.25) is 0 Å².